The third kappa shape index (κ3) is 1.78. The van der Waals surface area contributed by atoms with Gasteiger partial charge < -0.3 is 14.5 Å². The topological polar surface area (TPSA) is 83.6 Å². The highest BCUT2D eigenvalue weighted by molar-refractivity contribution is 5.92. The first-order valence-corrected chi connectivity index (χ1v) is 5.02. The molecule has 1 aliphatic heterocycles. The molecule has 1 N–H and O–H groups in total. The van der Waals surface area contributed by atoms with Gasteiger partial charge in [0.25, 0.3) is 5.91 Å². The summed E-state index contributed by atoms with van der Waals surface area (Å²) in [4.78, 5) is 24.2. The second-order valence-corrected chi connectivity index (χ2v) is 4.02. The molecule has 1 amide bonds. The van der Waals surface area contributed by atoms with Gasteiger partial charge in [0, 0.05) is 19.2 Å². The Balaban J connectivity index is 2.09. The highest BCUT2D eigenvalue weighted by atomic mass is 16.5. The minimum Gasteiger partial charge on any atom is -0.481 e. The molecule has 2 atom stereocenters. The van der Waals surface area contributed by atoms with Gasteiger partial charge in [0.15, 0.2) is 5.69 Å². The number of nitrogens with zero attached hydrogens (tertiary/aromatic N) is 2. The molecule has 0 spiro atoms. The van der Waals surface area contributed by atoms with Crippen LogP contribution < -0.4 is 0 Å². The number of hydrogen-bond donors (Lipinski definition) is 1. The van der Waals surface area contributed by atoms with Gasteiger partial charge >= 0.3 is 5.97 Å². The van der Waals surface area contributed by atoms with E-state index in [2.05, 4.69) is 9.68 Å². The van der Waals surface area contributed by atoms with Crippen molar-refractivity contribution in [3.63, 3.8) is 0 Å². The number of rotatable bonds is 2. The number of carbonyl (C=O) groups is 2. The Kier molecular flexibility index (Phi) is 2.64. The molecule has 0 aromatic carbocycles. The molecule has 0 radical (unpaired) electrons. The predicted molar refractivity (Wildman–Crippen MR) is 52.7 cm³/mol. The summed E-state index contributed by atoms with van der Waals surface area (Å²) in [6.45, 7) is 2.51. The number of aliphatic carboxylic acids is 1. The Labute approximate surface area is 91.8 Å². The SMILES string of the molecule is CC1CN(C(=O)c2ccon2)CC1C(=O)O. The lowest BCUT2D eigenvalue weighted by atomic mass is 9.99. The van der Waals surface area contributed by atoms with E-state index in [0.717, 1.165) is 0 Å². The van der Waals surface area contributed by atoms with Crippen LogP contribution in [-0.2, 0) is 4.79 Å². The van der Waals surface area contributed by atoms with Gasteiger partial charge in [0.1, 0.15) is 6.26 Å². The summed E-state index contributed by atoms with van der Waals surface area (Å²) in [5.74, 6) is -1.66. The fraction of sp³-hybridized carbons (Fsp3) is 0.500. The van der Waals surface area contributed by atoms with Gasteiger partial charge in [-0.25, -0.2) is 0 Å². The molecule has 1 aromatic rings. The number of carboxylic acids is 1. The minimum absolute atomic E-state index is 0.0339. The Bertz CT molecular complexity index is 401. The zero-order valence-electron chi connectivity index (χ0n) is 8.79. The number of carboxylic acid groups (broad SMARTS) is 1. The number of amides is 1. The highest BCUT2D eigenvalue weighted by Crippen LogP contribution is 2.24. The van der Waals surface area contributed by atoms with E-state index >= 15 is 0 Å². The van der Waals surface area contributed by atoms with Crippen molar-refractivity contribution in [3.05, 3.63) is 18.0 Å². The lowest BCUT2D eigenvalue weighted by molar-refractivity contribution is -0.142. The molecule has 1 aliphatic rings. The van der Waals surface area contributed by atoms with Crippen LogP contribution in [0, 0.1) is 11.8 Å². The standard InChI is InChI=1S/C10H12N2O4/c1-6-4-12(5-7(6)10(14)15)9(13)8-2-3-16-11-8/h2-3,6-7H,4-5H2,1H3,(H,14,15). The summed E-state index contributed by atoms with van der Waals surface area (Å²) in [6, 6.07) is 1.47. The average molecular weight is 224 g/mol. The quantitative estimate of drug-likeness (QED) is 0.789. The van der Waals surface area contributed by atoms with Crippen molar-refractivity contribution in [1.29, 1.82) is 0 Å². The number of likely N-dealkylation sites (tertiary alicyclic amines) is 1. The van der Waals surface area contributed by atoms with Gasteiger partial charge in [-0.3, -0.25) is 9.59 Å². The fourth-order valence-corrected chi connectivity index (χ4v) is 1.94. The third-order valence-corrected chi connectivity index (χ3v) is 2.87. The van der Waals surface area contributed by atoms with E-state index in [1.54, 1.807) is 0 Å². The smallest absolute Gasteiger partial charge is 0.308 e. The van der Waals surface area contributed by atoms with Crippen molar-refractivity contribution in [2.24, 2.45) is 11.8 Å². The molecular formula is C10H12N2O4. The van der Waals surface area contributed by atoms with E-state index in [4.69, 9.17) is 5.11 Å². The monoisotopic (exact) mass is 224 g/mol. The lowest BCUT2D eigenvalue weighted by Crippen LogP contribution is -2.30. The molecule has 16 heavy (non-hydrogen) atoms. The van der Waals surface area contributed by atoms with E-state index in [9.17, 15) is 9.59 Å². The predicted octanol–water partition coefficient (Wildman–Crippen LogP) is 0.467. The van der Waals surface area contributed by atoms with Crippen molar-refractivity contribution in [2.45, 2.75) is 6.92 Å². The van der Waals surface area contributed by atoms with Crippen LogP contribution >= 0.6 is 0 Å². The Morgan fingerprint density at radius 2 is 2.31 bits per heavy atom. The highest BCUT2D eigenvalue weighted by Gasteiger charge is 2.37. The summed E-state index contributed by atoms with van der Waals surface area (Å²) >= 11 is 0. The molecule has 2 rings (SSSR count). The molecule has 2 unspecified atom stereocenters. The number of aromatic nitrogens is 1. The third-order valence-electron chi connectivity index (χ3n) is 2.87. The zero-order chi connectivity index (χ0) is 11.7. The maximum atomic E-state index is 11.8. The first-order chi connectivity index (χ1) is 7.59. The molecule has 1 saturated heterocycles. The Hall–Kier alpha value is -1.85. The molecular weight excluding hydrogens is 212 g/mol. The van der Waals surface area contributed by atoms with E-state index in [1.165, 1.54) is 17.2 Å². The molecule has 1 aromatic heterocycles. The van der Waals surface area contributed by atoms with Crippen LogP contribution in [0.5, 0.6) is 0 Å². The fourth-order valence-electron chi connectivity index (χ4n) is 1.94. The van der Waals surface area contributed by atoms with Crippen LogP contribution in [0.3, 0.4) is 0 Å². The van der Waals surface area contributed by atoms with Crippen molar-refractivity contribution < 1.29 is 19.2 Å². The average Bonchev–Trinajstić information content (AvgIpc) is 2.84. The second kappa shape index (κ2) is 3.96. The van der Waals surface area contributed by atoms with Crippen molar-refractivity contribution in [3.8, 4) is 0 Å². The summed E-state index contributed by atoms with van der Waals surface area (Å²) < 4.78 is 4.58. The molecule has 0 bridgehead atoms. The molecule has 6 nitrogen and oxygen atoms in total. The summed E-state index contributed by atoms with van der Waals surface area (Å²) in [6.07, 6.45) is 1.32. The van der Waals surface area contributed by atoms with E-state index in [0.29, 0.717) is 6.54 Å². The molecule has 2 heterocycles. The largest absolute Gasteiger partial charge is 0.481 e. The van der Waals surface area contributed by atoms with E-state index < -0.39 is 11.9 Å². The summed E-state index contributed by atoms with van der Waals surface area (Å²) in [7, 11) is 0. The molecule has 0 aliphatic carbocycles. The maximum absolute atomic E-state index is 11.8. The van der Waals surface area contributed by atoms with Gasteiger partial charge in [-0.05, 0) is 5.92 Å². The summed E-state index contributed by atoms with van der Waals surface area (Å²) in [5.41, 5.74) is 0.221. The summed E-state index contributed by atoms with van der Waals surface area (Å²) in [5, 5.41) is 12.5. The minimum atomic E-state index is -0.858. The maximum Gasteiger partial charge on any atom is 0.308 e. The van der Waals surface area contributed by atoms with Crippen LogP contribution in [-0.4, -0.2) is 40.1 Å². The second-order valence-electron chi connectivity index (χ2n) is 4.02. The zero-order valence-corrected chi connectivity index (χ0v) is 8.79. The molecule has 6 heteroatoms. The van der Waals surface area contributed by atoms with Crippen LogP contribution in [0.1, 0.15) is 17.4 Å². The van der Waals surface area contributed by atoms with Gasteiger partial charge in [-0.15, -0.1) is 0 Å². The molecule has 0 saturated carbocycles. The first kappa shape index (κ1) is 10.7. The van der Waals surface area contributed by atoms with Crippen LogP contribution in [0.2, 0.25) is 0 Å². The van der Waals surface area contributed by atoms with Gasteiger partial charge in [0.2, 0.25) is 0 Å². The van der Waals surface area contributed by atoms with Crippen LogP contribution in [0.4, 0.5) is 0 Å². The van der Waals surface area contributed by atoms with E-state index in [1.807, 2.05) is 6.92 Å². The molecule has 86 valence electrons. The lowest BCUT2D eigenvalue weighted by Gasteiger charge is -2.13. The normalized spacial score (nSPS) is 24.7. The van der Waals surface area contributed by atoms with Gasteiger partial charge in [-0.2, -0.15) is 0 Å². The van der Waals surface area contributed by atoms with Crippen molar-refractivity contribution in [1.82, 2.24) is 10.1 Å². The first-order valence-electron chi connectivity index (χ1n) is 5.02. The van der Waals surface area contributed by atoms with E-state index in [-0.39, 0.29) is 24.1 Å². The van der Waals surface area contributed by atoms with Crippen LogP contribution in [0.25, 0.3) is 0 Å². The van der Waals surface area contributed by atoms with Crippen molar-refractivity contribution >= 4 is 11.9 Å². The van der Waals surface area contributed by atoms with Crippen molar-refractivity contribution in [2.75, 3.05) is 13.1 Å². The van der Waals surface area contributed by atoms with Gasteiger partial charge in [-0.1, -0.05) is 12.1 Å². The van der Waals surface area contributed by atoms with Crippen LogP contribution in [0.15, 0.2) is 16.9 Å². The number of carbonyl (C=O) groups excluding carboxylic acids is 1. The Morgan fingerprint density at radius 1 is 1.56 bits per heavy atom. The molecule has 1 fully saturated rings. The Morgan fingerprint density at radius 3 is 2.81 bits per heavy atom. The number of hydrogen-bond acceptors (Lipinski definition) is 4. The van der Waals surface area contributed by atoms with Gasteiger partial charge in [0.05, 0.1) is 5.92 Å².